The number of pyridine rings is 1. The van der Waals surface area contributed by atoms with Gasteiger partial charge in [-0.15, -0.1) is 0 Å². The smallest absolute Gasteiger partial charge is 0.200 e. The summed E-state index contributed by atoms with van der Waals surface area (Å²) in [5, 5.41) is 0.530. The summed E-state index contributed by atoms with van der Waals surface area (Å²) in [4.78, 5) is 26.5. The summed E-state index contributed by atoms with van der Waals surface area (Å²) < 4.78 is 12.4. The van der Waals surface area contributed by atoms with Crippen LogP contribution in [-0.2, 0) is 6.54 Å². The number of methoxy groups -OCH3 is 2. The molecular formula is C26H23NO4. The Morgan fingerprint density at radius 3 is 2.35 bits per heavy atom. The number of fused-ring (bicyclic) bond motifs is 1. The summed E-state index contributed by atoms with van der Waals surface area (Å²) in [6, 6.07) is 20.3. The summed E-state index contributed by atoms with van der Waals surface area (Å²) in [5.74, 6) is 1.10. The van der Waals surface area contributed by atoms with Crippen molar-refractivity contribution in [1.29, 1.82) is 0 Å². The van der Waals surface area contributed by atoms with Crippen LogP contribution >= 0.6 is 0 Å². The van der Waals surface area contributed by atoms with E-state index in [1.54, 1.807) is 44.7 Å². The Hall–Kier alpha value is -3.86. The van der Waals surface area contributed by atoms with E-state index in [0.29, 0.717) is 23.2 Å². The van der Waals surface area contributed by atoms with Gasteiger partial charge in [0.1, 0.15) is 11.5 Å². The number of benzene rings is 3. The van der Waals surface area contributed by atoms with Crippen LogP contribution in [0.5, 0.6) is 11.5 Å². The number of rotatable bonds is 6. The second kappa shape index (κ2) is 8.48. The number of nitrogens with zero attached hydrogens (tertiary/aromatic N) is 1. The fourth-order valence-corrected chi connectivity index (χ4v) is 3.67. The van der Waals surface area contributed by atoms with Gasteiger partial charge in [0.25, 0.3) is 0 Å². The highest BCUT2D eigenvalue weighted by Crippen LogP contribution is 2.20. The minimum Gasteiger partial charge on any atom is -0.497 e. The van der Waals surface area contributed by atoms with E-state index in [-0.39, 0.29) is 16.8 Å². The third kappa shape index (κ3) is 4.08. The van der Waals surface area contributed by atoms with Crippen molar-refractivity contribution in [2.24, 2.45) is 0 Å². The van der Waals surface area contributed by atoms with Crippen LogP contribution in [0.2, 0.25) is 0 Å². The number of carbonyl (C=O) groups is 1. The Balaban J connectivity index is 1.86. The molecule has 0 fully saturated rings. The van der Waals surface area contributed by atoms with Crippen LogP contribution in [0, 0.1) is 6.92 Å². The summed E-state index contributed by atoms with van der Waals surface area (Å²) in [5.41, 5.74) is 3.08. The fraction of sp³-hybridized carbons (Fsp3) is 0.154. The highest BCUT2D eigenvalue weighted by Gasteiger charge is 2.18. The van der Waals surface area contributed by atoms with Gasteiger partial charge in [-0.1, -0.05) is 23.8 Å². The van der Waals surface area contributed by atoms with E-state index in [2.05, 4.69) is 0 Å². The van der Waals surface area contributed by atoms with Gasteiger partial charge in [0.05, 0.1) is 25.3 Å². The minimum absolute atomic E-state index is 0.145. The quantitative estimate of drug-likeness (QED) is 0.433. The van der Waals surface area contributed by atoms with Gasteiger partial charge in [0, 0.05) is 23.7 Å². The van der Waals surface area contributed by atoms with Crippen molar-refractivity contribution in [3.63, 3.8) is 0 Å². The molecule has 0 unspecified atom stereocenters. The molecule has 5 heteroatoms. The van der Waals surface area contributed by atoms with E-state index in [1.165, 1.54) is 0 Å². The zero-order valence-electron chi connectivity index (χ0n) is 17.7. The predicted molar refractivity (Wildman–Crippen MR) is 121 cm³/mol. The Morgan fingerprint density at radius 1 is 0.903 bits per heavy atom. The van der Waals surface area contributed by atoms with Crippen LogP contribution in [0.4, 0.5) is 0 Å². The molecule has 0 aliphatic rings. The number of ether oxygens (including phenoxy) is 2. The maximum atomic E-state index is 13.2. The Morgan fingerprint density at radius 2 is 1.65 bits per heavy atom. The zero-order chi connectivity index (χ0) is 22.0. The van der Waals surface area contributed by atoms with E-state index < -0.39 is 0 Å². The Kier molecular flexibility index (Phi) is 5.58. The number of aromatic nitrogens is 1. The molecule has 0 saturated carbocycles. The lowest BCUT2D eigenvalue weighted by atomic mass is 10.0. The average Bonchev–Trinajstić information content (AvgIpc) is 2.80. The van der Waals surface area contributed by atoms with Crippen LogP contribution in [-0.4, -0.2) is 24.6 Å². The summed E-state index contributed by atoms with van der Waals surface area (Å²) in [7, 11) is 3.20. The lowest BCUT2D eigenvalue weighted by molar-refractivity contribution is 0.103. The number of carbonyl (C=O) groups excluding carboxylic acids is 1. The van der Waals surface area contributed by atoms with Gasteiger partial charge >= 0.3 is 0 Å². The molecule has 0 amide bonds. The van der Waals surface area contributed by atoms with Gasteiger partial charge in [-0.3, -0.25) is 9.59 Å². The molecule has 0 aliphatic carbocycles. The summed E-state index contributed by atoms with van der Waals surface area (Å²) in [6.07, 6.45) is 1.66. The molecule has 0 saturated heterocycles. The molecule has 0 radical (unpaired) electrons. The molecule has 0 aliphatic heterocycles. The molecule has 156 valence electrons. The molecule has 1 heterocycles. The molecule has 4 rings (SSSR count). The molecular weight excluding hydrogens is 390 g/mol. The van der Waals surface area contributed by atoms with Crippen molar-refractivity contribution in [3.8, 4) is 11.5 Å². The van der Waals surface area contributed by atoms with Gasteiger partial charge in [0.15, 0.2) is 5.78 Å². The number of aryl methyl sites for hydroxylation is 1. The first-order valence-electron chi connectivity index (χ1n) is 9.95. The van der Waals surface area contributed by atoms with Crippen LogP contribution in [0.1, 0.15) is 27.0 Å². The molecule has 4 aromatic rings. The molecule has 1 aromatic heterocycles. The standard InChI is InChI=1S/C26H23NO4/c1-17-7-12-24-22(13-17)26(29)23(25(28)19-8-10-20(30-2)11-9-19)16-27(24)15-18-5-4-6-21(14-18)31-3/h4-14,16H,15H2,1-3H3. The van der Waals surface area contributed by atoms with Gasteiger partial charge < -0.3 is 14.0 Å². The van der Waals surface area contributed by atoms with Crippen molar-refractivity contribution in [3.05, 3.63) is 105 Å². The van der Waals surface area contributed by atoms with Crippen LogP contribution < -0.4 is 14.9 Å². The fourth-order valence-electron chi connectivity index (χ4n) is 3.67. The van der Waals surface area contributed by atoms with Crippen molar-refractivity contribution in [2.75, 3.05) is 14.2 Å². The molecule has 0 spiro atoms. The molecule has 0 N–H and O–H groups in total. The topological polar surface area (TPSA) is 57.5 Å². The highest BCUT2D eigenvalue weighted by molar-refractivity contribution is 6.10. The Labute approximate surface area is 180 Å². The number of hydrogen-bond donors (Lipinski definition) is 0. The van der Waals surface area contributed by atoms with Gasteiger partial charge in [0.2, 0.25) is 5.43 Å². The minimum atomic E-state index is -0.310. The van der Waals surface area contributed by atoms with E-state index >= 15 is 0 Å². The first-order chi connectivity index (χ1) is 15.0. The molecule has 5 nitrogen and oxygen atoms in total. The average molecular weight is 413 g/mol. The normalized spacial score (nSPS) is 10.8. The third-order valence-electron chi connectivity index (χ3n) is 5.32. The second-order valence-electron chi connectivity index (χ2n) is 7.43. The largest absolute Gasteiger partial charge is 0.497 e. The van der Waals surface area contributed by atoms with Crippen LogP contribution in [0.3, 0.4) is 0 Å². The van der Waals surface area contributed by atoms with E-state index in [9.17, 15) is 9.59 Å². The first-order valence-corrected chi connectivity index (χ1v) is 9.95. The second-order valence-corrected chi connectivity index (χ2v) is 7.43. The maximum Gasteiger partial charge on any atom is 0.200 e. The van der Waals surface area contributed by atoms with Crippen molar-refractivity contribution >= 4 is 16.7 Å². The highest BCUT2D eigenvalue weighted by atomic mass is 16.5. The van der Waals surface area contributed by atoms with Crippen LogP contribution in [0.15, 0.2) is 77.7 Å². The lowest BCUT2D eigenvalue weighted by Crippen LogP contribution is -2.20. The van der Waals surface area contributed by atoms with Gasteiger partial charge in [-0.25, -0.2) is 0 Å². The SMILES string of the molecule is COc1ccc(C(=O)c2cn(Cc3cccc(OC)c3)c3ccc(C)cc3c2=O)cc1. The van der Waals surface area contributed by atoms with E-state index in [4.69, 9.17) is 9.47 Å². The zero-order valence-corrected chi connectivity index (χ0v) is 17.7. The molecule has 31 heavy (non-hydrogen) atoms. The van der Waals surface area contributed by atoms with Crippen molar-refractivity contribution in [1.82, 2.24) is 4.57 Å². The Bertz CT molecular complexity index is 1320. The maximum absolute atomic E-state index is 13.2. The first kappa shape index (κ1) is 20.4. The van der Waals surface area contributed by atoms with Gasteiger partial charge in [-0.2, -0.15) is 0 Å². The number of ketones is 1. The van der Waals surface area contributed by atoms with Gasteiger partial charge in [-0.05, 0) is 61.0 Å². The monoisotopic (exact) mass is 413 g/mol. The van der Waals surface area contributed by atoms with Crippen LogP contribution in [0.25, 0.3) is 10.9 Å². The molecule has 3 aromatic carbocycles. The van der Waals surface area contributed by atoms with Crippen molar-refractivity contribution in [2.45, 2.75) is 13.5 Å². The molecule has 0 bridgehead atoms. The van der Waals surface area contributed by atoms with Crippen molar-refractivity contribution < 1.29 is 14.3 Å². The van der Waals surface area contributed by atoms with E-state index in [1.807, 2.05) is 54.0 Å². The third-order valence-corrected chi connectivity index (χ3v) is 5.32. The number of hydrogen-bond acceptors (Lipinski definition) is 4. The summed E-state index contributed by atoms with van der Waals surface area (Å²) in [6.45, 7) is 2.43. The predicted octanol–water partition coefficient (Wildman–Crippen LogP) is 4.61. The lowest BCUT2D eigenvalue weighted by Gasteiger charge is -2.14. The van der Waals surface area contributed by atoms with E-state index in [0.717, 1.165) is 22.4 Å². The summed E-state index contributed by atoms with van der Waals surface area (Å²) >= 11 is 0. The molecule has 0 atom stereocenters.